The van der Waals surface area contributed by atoms with Gasteiger partial charge in [0, 0.05) is 17.5 Å². The highest BCUT2D eigenvalue weighted by Gasteiger charge is 2.38. The summed E-state index contributed by atoms with van der Waals surface area (Å²) in [4.78, 5) is 18.2. The number of ether oxygens (including phenoxy) is 1. The van der Waals surface area contributed by atoms with Gasteiger partial charge in [0.2, 0.25) is 0 Å². The quantitative estimate of drug-likeness (QED) is 0.281. The Morgan fingerprint density at radius 2 is 1.90 bits per heavy atom. The third-order valence-corrected chi connectivity index (χ3v) is 8.86. The molecule has 1 atom stereocenters. The number of thiazole rings is 1. The van der Waals surface area contributed by atoms with Gasteiger partial charge in [0.25, 0.3) is 10.0 Å². The molecule has 1 aliphatic rings. The standard InChI is InChI=1S/C27H32ClF2N5O4S2/c1-27(2,3)39-26(36)35(24-15-40-16-32-24)41(37,38)23-12-19(28)22(13-21(23)30)33-25(31)18-11-17(7-8-20(18)29)14-34-9-5-4-6-10-34/h7-8,11-13,15-16,25,33H,4-6,9-10,14,31H2,1-3H3/t25-/m1/s1. The van der Waals surface area contributed by atoms with E-state index in [1.165, 1.54) is 23.4 Å². The van der Waals surface area contributed by atoms with Crippen LogP contribution in [0.1, 0.15) is 57.3 Å². The van der Waals surface area contributed by atoms with Crippen LogP contribution in [-0.2, 0) is 21.3 Å². The van der Waals surface area contributed by atoms with Crippen LogP contribution < -0.4 is 15.4 Å². The van der Waals surface area contributed by atoms with Crippen LogP contribution in [0.3, 0.4) is 0 Å². The number of hydrogen-bond acceptors (Lipinski definition) is 9. The van der Waals surface area contributed by atoms with E-state index in [9.17, 15) is 17.6 Å². The molecule has 41 heavy (non-hydrogen) atoms. The summed E-state index contributed by atoms with van der Waals surface area (Å²) in [6, 6.07) is 6.37. The zero-order chi connectivity index (χ0) is 29.9. The van der Waals surface area contributed by atoms with E-state index in [1.807, 2.05) is 0 Å². The maximum absolute atomic E-state index is 15.4. The summed E-state index contributed by atoms with van der Waals surface area (Å²) in [7, 11) is -4.85. The number of hydrogen-bond donors (Lipinski definition) is 2. The third-order valence-electron chi connectivity index (χ3n) is 6.29. The summed E-state index contributed by atoms with van der Waals surface area (Å²) in [5, 5.41) is 3.86. The molecule has 222 valence electrons. The van der Waals surface area contributed by atoms with Gasteiger partial charge in [-0.2, -0.15) is 0 Å². The number of likely N-dealkylation sites (tertiary alicyclic amines) is 1. The van der Waals surface area contributed by atoms with Gasteiger partial charge in [-0.1, -0.05) is 24.1 Å². The maximum Gasteiger partial charge on any atom is 0.430 e. The number of nitrogens with zero attached hydrogens (tertiary/aromatic N) is 3. The predicted molar refractivity (Wildman–Crippen MR) is 156 cm³/mol. The van der Waals surface area contributed by atoms with E-state index in [-0.39, 0.29) is 26.4 Å². The smallest absolute Gasteiger partial charge is 0.430 e. The molecule has 1 aromatic heterocycles. The van der Waals surface area contributed by atoms with Crippen molar-refractivity contribution in [3.63, 3.8) is 0 Å². The van der Waals surface area contributed by atoms with E-state index >= 15 is 4.39 Å². The van der Waals surface area contributed by atoms with Crippen LogP contribution in [0.15, 0.2) is 46.1 Å². The fourth-order valence-corrected chi connectivity index (χ4v) is 6.63. The summed E-state index contributed by atoms with van der Waals surface area (Å²) in [5.41, 5.74) is 7.49. The molecule has 14 heteroatoms. The zero-order valence-electron chi connectivity index (χ0n) is 22.9. The highest BCUT2D eigenvalue weighted by Crippen LogP contribution is 2.34. The Bertz CT molecular complexity index is 1490. The number of carbonyl (C=O) groups is 1. The second-order valence-corrected chi connectivity index (χ2v) is 13.6. The van der Waals surface area contributed by atoms with Gasteiger partial charge in [-0.05, 0) is 76.5 Å². The van der Waals surface area contributed by atoms with Gasteiger partial charge < -0.3 is 15.8 Å². The molecule has 2 aromatic carbocycles. The monoisotopic (exact) mass is 627 g/mol. The van der Waals surface area contributed by atoms with E-state index < -0.39 is 44.4 Å². The Balaban J connectivity index is 1.60. The topological polar surface area (TPSA) is 118 Å². The van der Waals surface area contributed by atoms with Gasteiger partial charge in [0.15, 0.2) is 5.82 Å². The van der Waals surface area contributed by atoms with Gasteiger partial charge in [-0.3, -0.25) is 4.90 Å². The molecule has 3 N–H and O–H groups in total. The molecule has 0 saturated carbocycles. The second-order valence-electron chi connectivity index (χ2n) is 10.7. The van der Waals surface area contributed by atoms with Gasteiger partial charge in [-0.25, -0.2) is 27.0 Å². The van der Waals surface area contributed by atoms with Gasteiger partial charge in [0.1, 0.15) is 28.3 Å². The van der Waals surface area contributed by atoms with Crippen molar-refractivity contribution in [2.75, 3.05) is 22.7 Å². The summed E-state index contributed by atoms with van der Waals surface area (Å²) in [6.07, 6.45) is 1.04. The van der Waals surface area contributed by atoms with Crippen LogP contribution in [0.4, 0.5) is 25.1 Å². The summed E-state index contributed by atoms with van der Waals surface area (Å²) in [5.74, 6) is -2.03. The lowest BCUT2D eigenvalue weighted by Gasteiger charge is -2.27. The largest absolute Gasteiger partial charge is 0.443 e. The minimum absolute atomic E-state index is 0.0612. The van der Waals surface area contributed by atoms with E-state index in [0.717, 1.165) is 55.0 Å². The summed E-state index contributed by atoms with van der Waals surface area (Å²) >= 11 is 7.40. The number of nitrogens with two attached hydrogens (primary N) is 1. The van der Waals surface area contributed by atoms with Crippen LogP contribution >= 0.6 is 22.9 Å². The number of nitrogens with one attached hydrogen (secondary N) is 1. The molecule has 9 nitrogen and oxygen atoms in total. The van der Waals surface area contributed by atoms with Crippen molar-refractivity contribution < 1.29 is 26.7 Å². The van der Waals surface area contributed by atoms with E-state index in [0.29, 0.717) is 6.54 Å². The molecule has 3 aromatic rings. The van der Waals surface area contributed by atoms with Crippen LogP contribution in [0, 0.1) is 11.6 Å². The van der Waals surface area contributed by atoms with Crippen molar-refractivity contribution in [3.05, 3.63) is 69.0 Å². The first-order chi connectivity index (χ1) is 19.3. The summed E-state index contributed by atoms with van der Waals surface area (Å²) in [6.45, 7) is 7.26. The van der Waals surface area contributed by atoms with Gasteiger partial charge >= 0.3 is 6.09 Å². The van der Waals surface area contributed by atoms with E-state index in [4.69, 9.17) is 22.1 Å². The van der Waals surface area contributed by atoms with Crippen molar-refractivity contribution in [1.82, 2.24) is 9.88 Å². The molecule has 1 aliphatic heterocycles. The molecule has 1 fully saturated rings. The fourth-order valence-electron chi connectivity index (χ4n) is 4.41. The van der Waals surface area contributed by atoms with Gasteiger partial charge in [-0.15, -0.1) is 15.6 Å². The average molecular weight is 628 g/mol. The number of piperidine rings is 1. The van der Waals surface area contributed by atoms with Crippen LogP contribution in [0.25, 0.3) is 0 Å². The minimum Gasteiger partial charge on any atom is -0.443 e. The van der Waals surface area contributed by atoms with E-state index in [1.54, 1.807) is 32.9 Å². The molecule has 2 heterocycles. The summed E-state index contributed by atoms with van der Waals surface area (Å²) < 4.78 is 62.7. The number of halogens is 3. The first-order valence-electron chi connectivity index (χ1n) is 12.9. The number of amides is 1. The lowest BCUT2D eigenvalue weighted by molar-refractivity contribution is 0.0608. The van der Waals surface area contributed by atoms with Crippen LogP contribution in [-0.4, -0.2) is 43.1 Å². The second kappa shape index (κ2) is 12.6. The molecule has 4 rings (SSSR count). The van der Waals surface area contributed by atoms with Crippen LogP contribution in [0.2, 0.25) is 5.02 Å². The molecule has 0 spiro atoms. The minimum atomic E-state index is -4.85. The Morgan fingerprint density at radius 1 is 1.20 bits per heavy atom. The Morgan fingerprint density at radius 3 is 2.54 bits per heavy atom. The average Bonchev–Trinajstić information content (AvgIpc) is 3.40. The van der Waals surface area contributed by atoms with Gasteiger partial charge in [0.05, 0.1) is 16.2 Å². The van der Waals surface area contributed by atoms with Crippen molar-refractivity contribution >= 4 is 50.6 Å². The first kappa shape index (κ1) is 31.1. The van der Waals surface area contributed by atoms with Crippen molar-refractivity contribution in [3.8, 4) is 0 Å². The zero-order valence-corrected chi connectivity index (χ0v) is 25.3. The molecular weight excluding hydrogens is 596 g/mol. The van der Waals surface area contributed by atoms with Crippen LogP contribution in [0.5, 0.6) is 0 Å². The molecule has 0 aliphatic carbocycles. The number of carbonyl (C=O) groups excluding carboxylic acids is 1. The molecule has 0 bridgehead atoms. The maximum atomic E-state index is 15.4. The fraction of sp³-hybridized carbons (Fsp3) is 0.407. The Kier molecular flexibility index (Phi) is 9.54. The SMILES string of the molecule is CC(C)(C)OC(=O)N(c1cscn1)S(=O)(=O)c1cc(Cl)c(N[C@@H](N)c2cc(CN3CCCCC3)ccc2F)cc1F. The lowest BCUT2D eigenvalue weighted by atomic mass is 10.1. The van der Waals surface area contributed by atoms with Crippen molar-refractivity contribution in [2.24, 2.45) is 5.73 Å². The predicted octanol–water partition coefficient (Wildman–Crippen LogP) is 6.26. The number of aromatic nitrogens is 1. The Labute approximate surface area is 247 Å². The third kappa shape index (κ3) is 7.52. The van der Waals surface area contributed by atoms with E-state index in [2.05, 4.69) is 15.2 Å². The highest BCUT2D eigenvalue weighted by molar-refractivity contribution is 7.93. The highest BCUT2D eigenvalue weighted by atomic mass is 35.5. The number of rotatable bonds is 8. The number of sulfonamides is 1. The normalized spacial score (nSPS) is 15.4. The molecule has 1 saturated heterocycles. The van der Waals surface area contributed by atoms with Crippen molar-refractivity contribution in [1.29, 1.82) is 0 Å². The first-order valence-corrected chi connectivity index (χ1v) is 15.7. The molecule has 1 amide bonds. The van der Waals surface area contributed by atoms with Crippen molar-refractivity contribution in [2.45, 2.75) is 63.2 Å². The Hall–Kier alpha value is -2.84. The lowest BCUT2D eigenvalue weighted by Crippen LogP contribution is -2.41. The molecular formula is C27H32ClF2N5O4S2. The molecule has 0 radical (unpaired) electrons. The number of benzene rings is 2. The number of anilines is 2. The molecule has 0 unspecified atom stereocenters.